The van der Waals surface area contributed by atoms with Crippen molar-refractivity contribution in [3.63, 3.8) is 0 Å². The highest BCUT2D eigenvalue weighted by Gasteiger charge is 2.38. The van der Waals surface area contributed by atoms with Crippen LogP contribution >= 0.6 is 23.2 Å². The molecule has 1 unspecified atom stereocenters. The summed E-state index contributed by atoms with van der Waals surface area (Å²) < 4.78 is 0. The van der Waals surface area contributed by atoms with Gasteiger partial charge in [-0.15, -0.1) is 11.6 Å². The third kappa shape index (κ3) is 2.43. The third-order valence-corrected chi connectivity index (χ3v) is 4.74. The Morgan fingerprint density at radius 2 is 1.67 bits per heavy atom. The molecule has 3 rings (SSSR count). The average molecular weight is 320 g/mol. The lowest BCUT2D eigenvalue weighted by atomic mass is 9.85. The number of anilines is 1. The molecule has 0 aromatic heterocycles. The molecule has 1 aliphatic heterocycles. The number of rotatable bonds is 2. The minimum absolute atomic E-state index is 0.0206. The monoisotopic (exact) mass is 319 g/mol. The van der Waals surface area contributed by atoms with E-state index in [1.165, 1.54) is 0 Å². The van der Waals surface area contributed by atoms with E-state index in [9.17, 15) is 4.79 Å². The van der Waals surface area contributed by atoms with Crippen LogP contribution in [0.5, 0.6) is 0 Å². The topological polar surface area (TPSA) is 29.1 Å². The first kappa shape index (κ1) is 14.4. The average Bonchev–Trinajstić information content (AvgIpc) is 2.69. The lowest BCUT2D eigenvalue weighted by Gasteiger charge is -2.17. The van der Waals surface area contributed by atoms with Gasteiger partial charge in [-0.05, 0) is 48.7 Å². The van der Waals surface area contributed by atoms with Gasteiger partial charge in [0.25, 0.3) is 0 Å². The molecule has 1 atom stereocenters. The van der Waals surface area contributed by atoms with Gasteiger partial charge in [-0.2, -0.15) is 0 Å². The van der Waals surface area contributed by atoms with Gasteiger partial charge in [0.05, 0.1) is 10.8 Å². The molecular weight excluding hydrogens is 305 g/mol. The van der Waals surface area contributed by atoms with Crippen LogP contribution in [0.15, 0.2) is 42.5 Å². The van der Waals surface area contributed by atoms with Crippen molar-refractivity contribution in [2.24, 2.45) is 0 Å². The van der Waals surface area contributed by atoms with E-state index in [0.717, 1.165) is 22.4 Å². The van der Waals surface area contributed by atoms with Crippen molar-refractivity contribution < 1.29 is 4.79 Å². The highest BCUT2D eigenvalue weighted by Crippen LogP contribution is 2.40. The Hall–Kier alpha value is -1.51. The number of carbonyl (C=O) groups is 1. The molecule has 1 aliphatic rings. The van der Waals surface area contributed by atoms with Gasteiger partial charge in [0.15, 0.2) is 0 Å². The molecule has 2 aromatic rings. The second kappa shape index (κ2) is 5.04. The second-order valence-electron chi connectivity index (χ2n) is 5.80. The summed E-state index contributed by atoms with van der Waals surface area (Å²) in [5, 5.41) is 3.32. The SMILES string of the molecule is CC1(C)C(=O)Nc2ccc(C(Cl)c3ccc(Cl)cc3)cc21. The lowest BCUT2D eigenvalue weighted by molar-refractivity contribution is -0.119. The van der Waals surface area contributed by atoms with Crippen LogP contribution in [0.1, 0.15) is 35.9 Å². The number of alkyl halides is 1. The molecule has 0 spiro atoms. The van der Waals surface area contributed by atoms with Crippen LogP contribution in [0.2, 0.25) is 5.02 Å². The fraction of sp³-hybridized carbons (Fsp3) is 0.235. The molecule has 2 aromatic carbocycles. The van der Waals surface area contributed by atoms with E-state index < -0.39 is 5.41 Å². The van der Waals surface area contributed by atoms with Crippen molar-refractivity contribution >= 4 is 34.8 Å². The minimum atomic E-state index is -0.526. The summed E-state index contributed by atoms with van der Waals surface area (Å²) in [6.45, 7) is 3.84. The fourth-order valence-corrected chi connectivity index (χ4v) is 2.98. The first-order valence-electron chi connectivity index (χ1n) is 6.75. The predicted molar refractivity (Wildman–Crippen MR) is 87.2 cm³/mol. The van der Waals surface area contributed by atoms with Crippen molar-refractivity contribution in [2.45, 2.75) is 24.6 Å². The molecule has 1 N–H and O–H groups in total. The number of hydrogen-bond acceptors (Lipinski definition) is 1. The maximum Gasteiger partial charge on any atom is 0.234 e. The van der Waals surface area contributed by atoms with Gasteiger partial charge in [0.1, 0.15) is 0 Å². The standard InChI is InChI=1S/C17H15Cl2NO/c1-17(2)13-9-11(5-8-14(13)20-16(17)21)15(19)10-3-6-12(18)7-4-10/h3-9,15H,1-2H3,(H,20,21). The first-order chi connectivity index (χ1) is 9.89. The van der Waals surface area contributed by atoms with Crippen molar-refractivity contribution in [1.29, 1.82) is 0 Å². The van der Waals surface area contributed by atoms with Crippen LogP contribution in [-0.2, 0) is 10.2 Å². The van der Waals surface area contributed by atoms with Gasteiger partial charge in [0, 0.05) is 10.7 Å². The predicted octanol–water partition coefficient (Wildman–Crippen LogP) is 4.90. The summed E-state index contributed by atoms with van der Waals surface area (Å²) in [5.41, 5.74) is 3.29. The van der Waals surface area contributed by atoms with Crippen LogP contribution < -0.4 is 5.32 Å². The number of nitrogens with one attached hydrogen (secondary N) is 1. The first-order valence-corrected chi connectivity index (χ1v) is 7.56. The van der Waals surface area contributed by atoms with Crippen LogP contribution in [0.4, 0.5) is 5.69 Å². The van der Waals surface area contributed by atoms with E-state index in [2.05, 4.69) is 5.32 Å². The molecule has 2 nitrogen and oxygen atoms in total. The van der Waals surface area contributed by atoms with E-state index in [1.807, 2.05) is 56.3 Å². The molecule has 4 heteroatoms. The number of amides is 1. The molecule has 1 amide bonds. The normalized spacial score (nSPS) is 17.2. The van der Waals surface area contributed by atoms with Crippen LogP contribution in [-0.4, -0.2) is 5.91 Å². The van der Waals surface area contributed by atoms with Gasteiger partial charge in [-0.3, -0.25) is 4.79 Å². The second-order valence-corrected chi connectivity index (χ2v) is 6.67. The smallest absolute Gasteiger partial charge is 0.234 e. The maximum atomic E-state index is 12.0. The van der Waals surface area contributed by atoms with E-state index in [1.54, 1.807) is 0 Å². The van der Waals surface area contributed by atoms with Crippen LogP contribution in [0.25, 0.3) is 0 Å². The van der Waals surface area contributed by atoms with Crippen molar-refractivity contribution in [2.75, 3.05) is 5.32 Å². The van der Waals surface area contributed by atoms with Crippen LogP contribution in [0, 0.1) is 0 Å². The van der Waals surface area contributed by atoms with Gasteiger partial charge in [-0.25, -0.2) is 0 Å². The van der Waals surface area contributed by atoms with Gasteiger partial charge < -0.3 is 5.32 Å². The van der Waals surface area contributed by atoms with E-state index in [4.69, 9.17) is 23.2 Å². The Labute approximate surface area is 134 Å². The van der Waals surface area contributed by atoms with Gasteiger partial charge in [-0.1, -0.05) is 35.9 Å². The summed E-state index contributed by atoms with van der Waals surface area (Å²) in [6.07, 6.45) is 0. The van der Waals surface area contributed by atoms with Crippen molar-refractivity contribution in [3.05, 3.63) is 64.2 Å². The number of benzene rings is 2. The highest BCUT2D eigenvalue weighted by molar-refractivity contribution is 6.30. The fourth-order valence-electron chi connectivity index (χ4n) is 2.57. The Bertz CT molecular complexity index is 707. The zero-order valence-electron chi connectivity index (χ0n) is 11.8. The maximum absolute atomic E-state index is 12.0. The van der Waals surface area contributed by atoms with Gasteiger partial charge in [0.2, 0.25) is 5.91 Å². The molecule has 1 heterocycles. The minimum Gasteiger partial charge on any atom is -0.325 e. The number of carbonyl (C=O) groups excluding carboxylic acids is 1. The summed E-state index contributed by atoms with van der Waals surface area (Å²) in [6, 6.07) is 13.4. The molecule has 0 aliphatic carbocycles. The van der Waals surface area contributed by atoms with E-state index in [0.29, 0.717) is 5.02 Å². The Morgan fingerprint density at radius 1 is 1.05 bits per heavy atom. The van der Waals surface area contributed by atoms with Gasteiger partial charge >= 0.3 is 0 Å². The summed E-state index contributed by atoms with van der Waals surface area (Å²) in [4.78, 5) is 12.0. The molecule has 108 valence electrons. The number of hydrogen-bond donors (Lipinski definition) is 1. The molecule has 0 fully saturated rings. The molecule has 0 bridgehead atoms. The van der Waals surface area contributed by atoms with Crippen LogP contribution in [0.3, 0.4) is 0 Å². The summed E-state index contributed by atoms with van der Waals surface area (Å²) in [5.74, 6) is 0.0206. The Balaban J connectivity index is 2.00. The van der Waals surface area contributed by atoms with Crippen molar-refractivity contribution in [1.82, 2.24) is 0 Å². The Kier molecular flexibility index (Phi) is 3.46. The molecule has 21 heavy (non-hydrogen) atoms. The quantitative estimate of drug-likeness (QED) is 0.784. The van der Waals surface area contributed by atoms with Crippen molar-refractivity contribution in [3.8, 4) is 0 Å². The highest BCUT2D eigenvalue weighted by atomic mass is 35.5. The molecular formula is C17H15Cl2NO. The number of halogens is 2. The lowest BCUT2D eigenvalue weighted by Crippen LogP contribution is -2.26. The third-order valence-electron chi connectivity index (χ3n) is 3.99. The molecule has 0 radical (unpaired) electrons. The zero-order valence-corrected chi connectivity index (χ0v) is 13.3. The Morgan fingerprint density at radius 3 is 2.33 bits per heavy atom. The summed E-state index contributed by atoms with van der Waals surface area (Å²) in [7, 11) is 0. The molecule has 0 saturated heterocycles. The zero-order chi connectivity index (χ0) is 15.2. The van der Waals surface area contributed by atoms with E-state index >= 15 is 0 Å². The summed E-state index contributed by atoms with van der Waals surface area (Å²) >= 11 is 12.5. The number of fused-ring (bicyclic) bond motifs is 1. The van der Waals surface area contributed by atoms with E-state index in [-0.39, 0.29) is 11.3 Å². The molecule has 0 saturated carbocycles. The largest absolute Gasteiger partial charge is 0.325 e.